The molecular weight excluding hydrogens is 409 g/mol. The fraction of sp³-hybridized carbons (Fsp3) is 0.261. The van der Waals surface area contributed by atoms with Gasteiger partial charge in [-0.25, -0.2) is 4.39 Å². The maximum atomic E-state index is 14.6. The van der Waals surface area contributed by atoms with Crippen LogP contribution in [0.1, 0.15) is 35.8 Å². The van der Waals surface area contributed by atoms with E-state index in [9.17, 15) is 9.18 Å². The summed E-state index contributed by atoms with van der Waals surface area (Å²) in [6.07, 6.45) is 7.04. The lowest BCUT2D eigenvalue weighted by atomic mass is 10.1. The second-order valence-electron chi connectivity index (χ2n) is 8.02. The Labute approximate surface area is 183 Å². The summed E-state index contributed by atoms with van der Waals surface area (Å²) in [5, 5.41) is 10.9. The first-order valence-electron chi connectivity index (χ1n) is 10.5. The third-order valence-corrected chi connectivity index (χ3v) is 5.81. The molecule has 0 spiro atoms. The van der Waals surface area contributed by atoms with Gasteiger partial charge < -0.3 is 10.3 Å². The minimum atomic E-state index is -0.651. The molecule has 0 aliphatic carbocycles. The summed E-state index contributed by atoms with van der Waals surface area (Å²) in [6, 6.07) is 8.58. The van der Waals surface area contributed by atoms with Gasteiger partial charge in [0.2, 0.25) is 0 Å². The topological polar surface area (TPSA) is 99.7 Å². The van der Waals surface area contributed by atoms with Crippen LogP contribution in [0.5, 0.6) is 0 Å². The Morgan fingerprint density at radius 1 is 1.25 bits per heavy atom. The largest absolute Gasteiger partial charge is 0.356 e. The maximum Gasteiger partial charge on any atom is 0.259 e. The standard InChI is InChI=1S/C23H22FN7O/c1-14-3-2-8-31(14)13-16-10-20-19(27-16)11-22(30-29-20)28-23(32)17-5-4-15(9-18(17)24)21-12-25-6-7-26-21/h4-7,9-12,14,27H,2-3,8,13H2,1H3,(H,28,30,32)/t14-/m0/s1. The highest BCUT2D eigenvalue weighted by atomic mass is 19.1. The van der Waals surface area contributed by atoms with Gasteiger partial charge in [-0.1, -0.05) is 6.07 Å². The third kappa shape index (κ3) is 4.06. The van der Waals surface area contributed by atoms with Crippen LogP contribution in [0.25, 0.3) is 22.3 Å². The number of carbonyl (C=O) groups excluding carboxylic acids is 1. The van der Waals surface area contributed by atoms with Crippen LogP contribution in [-0.4, -0.2) is 48.5 Å². The van der Waals surface area contributed by atoms with Gasteiger partial charge in [-0.2, -0.15) is 0 Å². The highest BCUT2D eigenvalue weighted by molar-refractivity contribution is 6.04. The smallest absolute Gasteiger partial charge is 0.259 e. The number of hydrogen-bond acceptors (Lipinski definition) is 6. The van der Waals surface area contributed by atoms with Crippen LogP contribution in [0.4, 0.5) is 10.2 Å². The van der Waals surface area contributed by atoms with Crippen molar-refractivity contribution in [1.29, 1.82) is 0 Å². The molecule has 0 saturated carbocycles. The lowest BCUT2D eigenvalue weighted by molar-refractivity contribution is 0.102. The van der Waals surface area contributed by atoms with Gasteiger partial charge in [0.15, 0.2) is 5.82 Å². The molecule has 1 atom stereocenters. The fourth-order valence-electron chi connectivity index (χ4n) is 4.07. The van der Waals surface area contributed by atoms with E-state index in [1.54, 1.807) is 18.3 Å². The van der Waals surface area contributed by atoms with Crippen molar-refractivity contribution in [1.82, 2.24) is 30.0 Å². The Bertz CT molecular complexity index is 1270. The number of anilines is 1. The molecule has 1 fully saturated rings. The highest BCUT2D eigenvalue weighted by Crippen LogP contribution is 2.23. The second-order valence-corrected chi connectivity index (χ2v) is 8.02. The van der Waals surface area contributed by atoms with E-state index in [0.29, 0.717) is 17.3 Å². The number of benzene rings is 1. The lowest BCUT2D eigenvalue weighted by Gasteiger charge is -2.19. The van der Waals surface area contributed by atoms with Crippen molar-refractivity contribution in [3.63, 3.8) is 0 Å². The van der Waals surface area contributed by atoms with Gasteiger partial charge >= 0.3 is 0 Å². The van der Waals surface area contributed by atoms with E-state index in [-0.39, 0.29) is 11.4 Å². The van der Waals surface area contributed by atoms with E-state index < -0.39 is 11.7 Å². The van der Waals surface area contributed by atoms with E-state index in [0.717, 1.165) is 29.8 Å². The molecule has 3 aromatic heterocycles. The van der Waals surface area contributed by atoms with E-state index in [2.05, 4.69) is 42.3 Å². The molecule has 32 heavy (non-hydrogen) atoms. The minimum Gasteiger partial charge on any atom is -0.356 e. The molecule has 8 nitrogen and oxygen atoms in total. The molecule has 1 aliphatic rings. The zero-order chi connectivity index (χ0) is 22.1. The van der Waals surface area contributed by atoms with Crippen LogP contribution in [-0.2, 0) is 6.54 Å². The average molecular weight is 431 g/mol. The second kappa shape index (κ2) is 8.43. The Morgan fingerprint density at radius 3 is 2.91 bits per heavy atom. The Morgan fingerprint density at radius 2 is 2.16 bits per heavy atom. The molecule has 0 bridgehead atoms. The molecule has 2 N–H and O–H groups in total. The van der Waals surface area contributed by atoms with Crippen molar-refractivity contribution in [2.45, 2.75) is 32.4 Å². The number of amides is 1. The van der Waals surface area contributed by atoms with Crippen molar-refractivity contribution in [2.75, 3.05) is 11.9 Å². The molecule has 9 heteroatoms. The number of H-pyrrole nitrogens is 1. The number of aromatic nitrogens is 5. The van der Waals surface area contributed by atoms with Crippen LogP contribution in [0.2, 0.25) is 0 Å². The van der Waals surface area contributed by atoms with Gasteiger partial charge in [0.1, 0.15) is 11.3 Å². The van der Waals surface area contributed by atoms with Crippen LogP contribution in [0.3, 0.4) is 0 Å². The van der Waals surface area contributed by atoms with E-state index in [1.807, 2.05) is 6.07 Å². The summed E-state index contributed by atoms with van der Waals surface area (Å²) in [4.78, 5) is 26.5. The van der Waals surface area contributed by atoms with Gasteiger partial charge in [-0.05, 0) is 44.5 Å². The van der Waals surface area contributed by atoms with Gasteiger partial charge in [-0.3, -0.25) is 19.7 Å². The fourth-order valence-corrected chi connectivity index (χ4v) is 4.07. The van der Waals surface area contributed by atoms with Crippen LogP contribution >= 0.6 is 0 Å². The van der Waals surface area contributed by atoms with Crippen LogP contribution in [0, 0.1) is 5.82 Å². The predicted molar refractivity (Wildman–Crippen MR) is 118 cm³/mol. The zero-order valence-electron chi connectivity index (χ0n) is 17.5. The SMILES string of the molecule is C[C@H]1CCCN1Cc1cc2nnc(NC(=O)c3ccc(-c4cnccn4)cc3F)cc2[nH]1. The number of nitrogens with one attached hydrogen (secondary N) is 2. The van der Waals surface area contributed by atoms with Gasteiger partial charge in [0, 0.05) is 42.3 Å². The third-order valence-electron chi connectivity index (χ3n) is 5.81. The molecule has 5 rings (SSSR count). The summed E-state index contributed by atoms with van der Waals surface area (Å²) in [5.41, 5.74) is 3.53. The maximum absolute atomic E-state index is 14.6. The van der Waals surface area contributed by atoms with Crippen molar-refractivity contribution < 1.29 is 9.18 Å². The average Bonchev–Trinajstić information content (AvgIpc) is 3.39. The Balaban J connectivity index is 1.32. The molecule has 1 aromatic carbocycles. The summed E-state index contributed by atoms with van der Waals surface area (Å²) >= 11 is 0. The normalized spacial score (nSPS) is 16.5. The number of aromatic amines is 1. The summed E-state index contributed by atoms with van der Waals surface area (Å²) < 4.78 is 14.6. The van der Waals surface area contributed by atoms with E-state index >= 15 is 0 Å². The lowest BCUT2D eigenvalue weighted by Crippen LogP contribution is -2.26. The molecule has 1 amide bonds. The Hall–Kier alpha value is -3.72. The molecule has 1 saturated heterocycles. The molecular formula is C23H22FN7O. The predicted octanol–water partition coefficient (Wildman–Crippen LogP) is 3.79. The zero-order valence-corrected chi connectivity index (χ0v) is 17.5. The molecule has 162 valence electrons. The van der Waals surface area contributed by atoms with Crippen LogP contribution < -0.4 is 5.32 Å². The first kappa shape index (κ1) is 20.2. The number of hydrogen-bond donors (Lipinski definition) is 2. The minimum absolute atomic E-state index is 0.0882. The molecule has 0 unspecified atom stereocenters. The molecule has 4 aromatic rings. The molecule has 4 heterocycles. The molecule has 1 aliphatic heterocycles. The first-order valence-corrected chi connectivity index (χ1v) is 10.5. The first-order chi connectivity index (χ1) is 15.6. The quantitative estimate of drug-likeness (QED) is 0.499. The highest BCUT2D eigenvalue weighted by Gasteiger charge is 2.21. The number of halogens is 1. The molecule has 0 radical (unpaired) electrons. The summed E-state index contributed by atoms with van der Waals surface area (Å²) in [7, 11) is 0. The monoisotopic (exact) mass is 431 g/mol. The number of rotatable bonds is 5. The van der Waals surface area contributed by atoms with Crippen molar-refractivity contribution in [3.8, 4) is 11.3 Å². The number of carbonyl (C=O) groups is 1. The van der Waals surface area contributed by atoms with Gasteiger partial charge in [0.25, 0.3) is 5.91 Å². The number of likely N-dealkylation sites (tertiary alicyclic amines) is 1. The van der Waals surface area contributed by atoms with Crippen molar-refractivity contribution in [3.05, 3.63) is 66.0 Å². The van der Waals surface area contributed by atoms with E-state index in [4.69, 9.17) is 0 Å². The Kier molecular flexibility index (Phi) is 5.32. The summed E-state index contributed by atoms with van der Waals surface area (Å²) in [5.74, 6) is -0.996. The number of nitrogens with zero attached hydrogens (tertiary/aromatic N) is 5. The van der Waals surface area contributed by atoms with Crippen molar-refractivity contribution in [2.24, 2.45) is 0 Å². The van der Waals surface area contributed by atoms with Crippen molar-refractivity contribution >= 4 is 22.8 Å². The van der Waals surface area contributed by atoms with Crippen LogP contribution in [0.15, 0.2) is 48.9 Å². The van der Waals surface area contributed by atoms with Gasteiger partial charge in [0.05, 0.1) is 23.0 Å². The number of fused-ring (bicyclic) bond motifs is 1. The summed E-state index contributed by atoms with van der Waals surface area (Å²) in [6.45, 7) is 4.15. The van der Waals surface area contributed by atoms with E-state index in [1.165, 1.54) is 37.4 Å². The van der Waals surface area contributed by atoms with Gasteiger partial charge in [-0.15, -0.1) is 10.2 Å².